The Labute approximate surface area is 130 Å². The summed E-state index contributed by atoms with van der Waals surface area (Å²) in [6, 6.07) is 7.33. The van der Waals surface area contributed by atoms with E-state index in [0.29, 0.717) is 24.3 Å². The van der Waals surface area contributed by atoms with Gasteiger partial charge in [-0.05, 0) is 31.9 Å². The van der Waals surface area contributed by atoms with E-state index in [0.717, 1.165) is 12.1 Å². The number of rotatable bonds is 5. The zero-order valence-corrected chi connectivity index (χ0v) is 13.2. The minimum Gasteiger partial charge on any atom is -0.497 e. The number of esters is 1. The highest BCUT2D eigenvalue weighted by atomic mass is 16.5. The average Bonchev–Trinajstić information content (AvgIpc) is 3.04. The minimum atomic E-state index is -0.461. The van der Waals surface area contributed by atoms with Gasteiger partial charge in [0.05, 0.1) is 20.1 Å². The number of nitrogens with zero attached hydrogens (tertiary/aromatic N) is 1. The topological polar surface area (TPSA) is 55.8 Å². The maximum Gasteiger partial charge on any atom is 0.313 e. The van der Waals surface area contributed by atoms with E-state index in [-0.39, 0.29) is 11.9 Å². The molecule has 1 aliphatic carbocycles. The van der Waals surface area contributed by atoms with Gasteiger partial charge in [-0.2, -0.15) is 0 Å². The Bertz CT molecular complexity index is 594. The third-order valence-electron chi connectivity index (χ3n) is 3.85. The van der Waals surface area contributed by atoms with E-state index in [4.69, 9.17) is 9.47 Å². The first-order chi connectivity index (χ1) is 10.6. The molecule has 1 amide bonds. The van der Waals surface area contributed by atoms with E-state index in [9.17, 15) is 9.59 Å². The molecule has 0 aliphatic heterocycles. The molecule has 0 heterocycles. The van der Waals surface area contributed by atoms with E-state index in [1.54, 1.807) is 12.0 Å². The highest BCUT2D eigenvalue weighted by molar-refractivity contribution is 6.09. The number of carbonyl (C=O) groups is 2. The minimum absolute atomic E-state index is 0.149. The summed E-state index contributed by atoms with van der Waals surface area (Å²) in [5, 5.41) is 0. The second-order valence-electron chi connectivity index (χ2n) is 5.06. The van der Waals surface area contributed by atoms with Crippen LogP contribution in [0.2, 0.25) is 0 Å². The maximum absolute atomic E-state index is 12.8. The second kappa shape index (κ2) is 7.11. The number of hydrogen-bond acceptors (Lipinski definition) is 4. The normalized spacial score (nSPS) is 16.9. The van der Waals surface area contributed by atoms with E-state index < -0.39 is 5.92 Å². The van der Waals surface area contributed by atoms with Crippen LogP contribution in [-0.2, 0) is 14.3 Å². The third kappa shape index (κ3) is 3.13. The first kappa shape index (κ1) is 16.1. The molecule has 118 valence electrons. The molecule has 0 radical (unpaired) electrons. The van der Waals surface area contributed by atoms with Gasteiger partial charge in [-0.3, -0.25) is 9.59 Å². The Morgan fingerprint density at radius 1 is 1.32 bits per heavy atom. The van der Waals surface area contributed by atoms with Crippen LogP contribution in [0.3, 0.4) is 0 Å². The Morgan fingerprint density at radius 3 is 2.73 bits per heavy atom. The van der Waals surface area contributed by atoms with Gasteiger partial charge in [-0.15, -0.1) is 0 Å². The van der Waals surface area contributed by atoms with E-state index >= 15 is 0 Å². The lowest BCUT2D eigenvalue weighted by atomic mass is 10.0. The fraction of sp³-hybridized carbons (Fsp3) is 0.412. The molecule has 5 heteroatoms. The Balaban J connectivity index is 2.27. The van der Waals surface area contributed by atoms with Crippen LogP contribution in [0.1, 0.15) is 19.8 Å². The molecule has 5 nitrogen and oxygen atoms in total. The number of allylic oxidation sites excluding steroid dienone is 1. The predicted octanol–water partition coefficient (Wildman–Crippen LogP) is 2.56. The summed E-state index contributed by atoms with van der Waals surface area (Å²) >= 11 is 0. The van der Waals surface area contributed by atoms with Crippen molar-refractivity contribution >= 4 is 17.6 Å². The molecule has 0 fully saturated rings. The molecule has 0 aromatic heterocycles. The van der Waals surface area contributed by atoms with Crippen LogP contribution in [0, 0.1) is 5.92 Å². The highest BCUT2D eigenvalue weighted by Gasteiger charge is 2.34. The maximum atomic E-state index is 12.8. The van der Waals surface area contributed by atoms with Crippen molar-refractivity contribution in [3.05, 3.63) is 35.9 Å². The van der Waals surface area contributed by atoms with Crippen molar-refractivity contribution in [3.8, 4) is 5.75 Å². The van der Waals surface area contributed by atoms with Crippen LogP contribution in [0.25, 0.3) is 0 Å². The Hall–Kier alpha value is -2.30. The molecule has 0 unspecified atom stereocenters. The monoisotopic (exact) mass is 303 g/mol. The molecule has 1 aromatic carbocycles. The van der Waals surface area contributed by atoms with Gasteiger partial charge in [-0.1, -0.05) is 12.1 Å². The quantitative estimate of drug-likeness (QED) is 0.784. The van der Waals surface area contributed by atoms with Crippen molar-refractivity contribution < 1.29 is 19.1 Å². The number of hydrogen-bond donors (Lipinski definition) is 0. The number of benzene rings is 1. The molecule has 0 saturated carbocycles. The molecule has 1 atom stereocenters. The van der Waals surface area contributed by atoms with Crippen LogP contribution >= 0.6 is 0 Å². The molecule has 0 bridgehead atoms. The number of carbonyl (C=O) groups excluding carboxylic acids is 2. The van der Waals surface area contributed by atoms with Crippen molar-refractivity contribution in [2.24, 2.45) is 5.92 Å². The zero-order chi connectivity index (χ0) is 16.1. The van der Waals surface area contributed by atoms with Gasteiger partial charge in [0.2, 0.25) is 0 Å². The molecule has 1 aromatic rings. The van der Waals surface area contributed by atoms with Gasteiger partial charge < -0.3 is 14.4 Å². The summed E-state index contributed by atoms with van der Waals surface area (Å²) in [5.41, 5.74) is 1.28. The summed E-state index contributed by atoms with van der Waals surface area (Å²) in [6.45, 7) is 2.41. The largest absolute Gasteiger partial charge is 0.497 e. The summed E-state index contributed by atoms with van der Waals surface area (Å²) < 4.78 is 10.0. The first-order valence-corrected chi connectivity index (χ1v) is 7.36. The summed E-state index contributed by atoms with van der Waals surface area (Å²) in [6.07, 6.45) is 3.19. The number of amides is 1. The smallest absolute Gasteiger partial charge is 0.313 e. The lowest BCUT2D eigenvalue weighted by molar-refractivity contribution is -0.144. The van der Waals surface area contributed by atoms with Gasteiger partial charge in [0.15, 0.2) is 0 Å². The fourth-order valence-electron chi connectivity index (χ4n) is 2.70. The summed E-state index contributed by atoms with van der Waals surface area (Å²) in [5.74, 6) is -0.270. The second-order valence-corrected chi connectivity index (χ2v) is 5.06. The van der Waals surface area contributed by atoms with Crippen molar-refractivity contribution in [2.75, 3.05) is 25.7 Å². The van der Waals surface area contributed by atoms with Gasteiger partial charge in [0.25, 0.3) is 5.91 Å². The first-order valence-electron chi connectivity index (χ1n) is 7.36. The van der Waals surface area contributed by atoms with Crippen LogP contribution in [0.5, 0.6) is 5.75 Å². The number of anilines is 1. The van der Waals surface area contributed by atoms with E-state index in [1.807, 2.05) is 37.3 Å². The fourth-order valence-corrected chi connectivity index (χ4v) is 2.70. The number of ether oxygens (including phenoxy) is 2. The molecule has 0 spiro atoms. The van der Waals surface area contributed by atoms with Crippen LogP contribution in [0.4, 0.5) is 5.69 Å². The lowest BCUT2D eigenvalue weighted by Gasteiger charge is -2.24. The van der Waals surface area contributed by atoms with Gasteiger partial charge in [-0.25, -0.2) is 0 Å². The van der Waals surface area contributed by atoms with Gasteiger partial charge in [0, 0.05) is 23.9 Å². The van der Waals surface area contributed by atoms with Crippen molar-refractivity contribution in [1.82, 2.24) is 0 Å². The molecule has 2 rings (SSSR count). The third-order valence-corrected chi connectivity index (χ3v) is 3.85. The SMILES string of the molecule is CCN(C(=O)C1=CCC[C@H]1C(=O)OC)c1cccc(OC)c1. The molecular weight excluding hydrogens is 282 g/mol. The molecule has 1 aliphatic rings. The lowest BCUT2D eigenvalue weighted by Crippen LogP contribution is -2.35. The summed E-state index contributed by atoms with van der Waals surface area (Å²) in [7, 11) is 2.94. The number of methoxy groups -OCH3 is 2. The van der Waals surface area contributed by atoms with Crippen molar-refractivity contribution in [1.29, 1.82) is 0 Å². The van der Waals surface area contributed by atoms with Crippen LogP contribution < -0.4 is 9.64 Å². The van der Waals surface area contributed by atoms with Crippen LogP contribution in [0.15, 0.2) is 35.9 Å². The molecular formula is C17H21NO4. The van der Waals surface area contributed by atoms with E-state index in [2.05, 4.69) is 0 Å². The molecule has 0 N–H and O–H groups in total. The van der Waals surface area contributed by atoms with Crippen molar-refractivity contribution in [2.45, 2.75) is 19.8 Å². The van der Waals surface area contributed by atoms with Gasteiger partial charge >= 0.3 is 5.97 Å². The van der Waals surface area contributed by atoms with Crippen molar-refractivity contribution in [3.63, 3.8) is 0 Å². The Kier molecular flexibility index (Phi) is 5.20. The summed E-state index contributed by atoms with van der Waals surface area (Å²) in [4.78, 5) is 26.3. The Morgan fingerprint density at radius 2 is 2.09 bits per heavy atom. The van der Waals surface area contributed by atoms with Crippen LogP contribution in [-0.4, -0.2) is 32.6 Å². The molecule has 22 heavy (non-hydrogen) atoms. The highest BCUT2D eigenvalue weighted by Crippen LogP contribution is 2.30. The molecule has 0 saturated heterocycles. The predicted molar refractivity (Wildman–Crippen MR) is 83.8 cm³/mol. The average molecular weight is 303 g/mol. The van der Waals surface area contributed by atoms with E-state index in [1.165, 1.54) is 7.11 Å². The van der Waals surface area contributed by atoms with Gasteiger partial charge in [0.1, 0.15) is 5.75 Å². The standard InChI is InChI=1S/C17H21NO4/c1-4-18(12-7-5-8-13(11-12)21-2)16(19)14-9-6-10-15(14)17(20)22-3/h5,7-9,11,15H,4,6,10H2,1-3H3/t15-/m1/s1. The number of likely N-dealkylation sites (N-methyl/N-ethyl adjacent to an activating group) is 1. The zero-order valence-electron chi connectivity index (χ0n) is 13.2.